The summed E-state index contributed by atoms with van der Waals surface area (Å²) in [6.07, 6.45) is 3.42. The highest BCUT2D eigenvalue weighted by Crippen LogP contribution is 2.42. The minimum absolute atomic E-state index is 0.0513. The number of carbonyl (C=O) groups is 1. The van der Waals surface area contributed by atoms with Crippen LogP contribution in [0.2, 0.25) is 0 Å². The first-order chi connectivity index (χ1) is 14.5. The number of hydrogen-bond donors (Lipinski definition) is 2. The van der Waals surface area contributed by atoms with Crippen molar-refractivity contribution < 1.29 is 19.7 Å². The minimum Gasteiger partial charge on any atom is -0.508 e. The number of nitrogens with zero attached hydrogens (tertiary/aromatic N) is 2. The van der Waals surface area contributed by atoms with Gasteiger partial charge in [-0.2, -0.15) is 0 Å². The largest absolute Gasteiger partial charge is 0.508 e. The molecular formula is C24H18N2O4. The van der Waals surface area contributed by atoms with Crippen LogP contribution < -0.4 is 4.74 Å². The van der Waals surface area contributed by atoms with Crippen molar-refractivity contribution in [1.82, 2.24) is 9.55 Å². The van der Waals surface area contributed by atoms with Crippen LogP contribution >= 0.6 is 0 Å². The van der Waals surface area contributed by atoms with Crippen LogP contribution in [0.15, 0.2) is 60.5 Å². The third-order valence-corrected chi connectivity index (χ3v) is 5.39. The van der Waals surface area contributed by atoms with Gasteiger partial charge in [-0.25, -0.2) is 0 Å². The van der Waals surface area contributed by atoms with Crippen LogP contribution in [0.4, 0.5) is 0 Å². The number of allylic oxidation sites excluding steroid dienone is 1. The predicted molar refractivity (Wildman–Crippen MR) is 114 cm³/mol. The molecule has 0 amide bonds. The second-order valence-corrected chi connectivity index (χ2v) is 7.28. The monoisotopic (exact) mass is 398 g/mol. The lowest BCUT2D eigenvalue weighted by Gasteiger charge is -2.06. The van der Waals surface area contributed by atoms with Gasteiger partial charge in [0, 0.05) is 41.8 Å². The molecule has 2 aromatic carbocycles. The van der Waals surface area contributed by atoms with E-state index in [2.05, 4.69) is 4.98 Å². The molecule has 30 heavy (non-hydrogen) atoms. The SMILES string of the molecule is Cc1cccc2c1c(/C=C1\Oc3cc(O)cc(O)c3C1=O)c(-c1ccccn1)n2C. The summed E-state index contributed by atoms with van der Waals surface area (Å²) >= 11 is 0. The Morgan fingerprint density at radius 1 is 1.10 bits per heavy atom. The summed E-state index contributed by atoms with van der Waals surface area (Å²) < 4.78 is 7.78. The average Bonchev–Trinajstić information content (AvgIpc) is 3.18. The molecule has 3 heterocycles. The number of fused-ring (bicyclic) bond motifs is 2. The van der Waals surface area contributed by atoms with Gasteiger partial charge in [-0.15, -0.1) is 0 Å². The van der Waals surface area contributed by atoms with E-state index in [1.54, 1.807) is 12.3 Å². The quantitative estimate of drug-likeness (QED) is 0.483. The van der Waals surface area contributed by atoms with Gasteiger partial charge in [0.2, 0.25) is 5.78 Å². The first-order valence-electron chi connectivity index (χ1n) is 9.45. The molecule has 6 heteroatoms. The summed E-state index contributed by atoms with van der Waals surface area (Å²) in [4.78, 5) is 17.5. The molecule has 0 radical (unpaired) electrons. The maximum atomic E-state index is 13.0. The van der Waals surface area contributed by atoms with Crippen LogP contribution in [0, 0.1) is 6.92 Å². The number of phenols is 2. The topological polar surface area (TPSA) is 84.6 Å². The molecule has 0 fully saturated rings. The van der Waals surface area contributed by atoms with E-state index in [9.17, 15) is 15.0 Å². The van der Waals surface area contributed by atoms with E-state index in [1.807, 2.05) is 54.9 Å². The maximum absolute atomic E-state index is 13.0. The number of ether oxygens (including phenoxy) is 1. The van der Waals surface area contributed by atoms with E-state index in [-0.39, 0.29) is 28.6 Å². The zero-order valence-electron chi connectivity index (χ0n) is 16.4. The molecule has 148 valence electrons. The first-order valence-corrected chi connectivity index (χ1v) is 9.45. The number of carbonyl (C=O) groups excluding carboxylic acids is 1. The van der Waals surface area contributed by atoms with Crippen LogP contribution in [0.25, 0.3) is 28.4 Å². The van der Waals surface area contributed by atoms with E-state index in [0.717, 1.165) is 39.5 Å². The van der Waals surface area contributed by atoms with E-state index >= 15 is 0 Å². The minimum atomic E-state index is -0.431. The Morgan fingerprint density at radius 3 is 2.70 bits per heavy atom. The fourth-order valence-electron chi connectivity index (χ4n) is 4.06. The Kier molecular flexibility index (Phi) is 3.89. The Bertz CT molecular complexity index is 1370. The molecule has 1 aliphatic rings. The van der Waals surface area contributed by atoms with Gasteiger partial charge in [0.05, 0.1) is 11.4 Å². The number of aromatic nitrogens is 2. The Hall–Kier alpha value is -4.06. The summed E-state index contributed by atoms with van der Waals surface area (Å²) in [6, 6.07) is 14.2. The molecule has 1 aliphatic heterocycles. The number of benzene rings is 2. The number of pyridine rings is 1. The van der Waals surface area contributed by atoms with E-state index < -0.39 is 5.78 Å². The van der Waals surface area contributed by atoms with Gasteiger partial charge < -0.3 is 19.5 Å². The molecule has 4 aromatic rings. The van der Waals surface area contributed by atoms with Crippen molar-refractivity contribution in [3.05, 3.63) is 77.2 Å². The lowest BCUT2D eigenvalue weighted by Crippen LogP contribution is -1.99. The van der Waals surface area contributed by atoms with E-state index in [0.29, 0.717) is 0 Å². The van der Waals surface area contributed by atoms with Gasteiger partial charge in [-0.3, -0.25) is 9.78 Å². The van der Waals surface area contributed by atoms with Crippen LogP contribution in [0.1, 0.15) is 21.5 Å². The zero-order chi connectivity index (χ0) is 21.0. The van der Waals surface area contributed by atoms with Crippen molar-refractivity contribution in [2.45, 2.75) is 6.92 Å². The van der Waals surface area contributed by atoms with Crippen molar-refractivity contribution >= 4 is 22.8 Å². The third-order valence-electron chi connectivity index (χ3n) is 5.39. The van der Waals surface area contributed by atoms with Crippen LogP contribution in [0.5, 0.6) is 17.2 Å². The molecule has 2 N–H and O–H groups in total. The second-order valence-electron chi connectivity index (χ2n) is 7.28. The lowest BCUT2D eigenvalue weighted by molar-refractivity contribution is 0.101. The number of hydrogen-bond acceptors (Lipinski definition) is 5. The molecular weight excluding hydrogens is 380 g/mol. The van der Waals surface area contributed by atoms with E-state index in [1.165, 1.54) is 6.07 Å². The van der Waals surface area contributed by atoms with Gasteiger partial charge >= 0.3 is 0 Å². The van der Waals surface area contributed by atoms with Gasteiger partial charge in [0.1, 0.15) is 22.8 Å². The number of ketones is 1. The fourth-order valence-corrected chi connectivity index (χ4v) is 4.06. The van der Waals surface area contributed by atoms with E-state index in [4.69, 9.17) is 4.74 Å². The van der Waals surface area contributed by atoms with Crippen molar-refractivity contribution in [3.8, 4) is 28.6 Å². The zero-order valence-corrected chi connectivity index (χ0v) is 16.4. The van der Waals surface area contributed by atoms with Crippen molar-refractivity contribution in [2.24, 2.45) is 7.05 Å². The van der Waals surface area contributed by atoms with Gasteiger partial charge in [-0.1, -0.05) is 18.2 Å². The van der Waals surface area contributed by atoms with Gasteiger partial charge in [-0.05, 0) is 36.8 Å². The van der Waals surface area contributed by atoms with Crippen molar-refractivity contribution in [2.75, 3.05) is 0 Å². The van der Waals surface area contributed by atoms with Crippen LogP contribution in [-0.4, -0.2) is 25.5 Å². The van der Waals surface area contributed by atoms with Crippen LogP contribution in [0.3, 0.4) is 0 Å². The highest BCUT2D eigenvalue weighted by Gasteiger charge is 2.32. The highest BCUT2D eigenvalue weighted by molar-refractivity contribution is 6.17. The Morgan fingerprint density at radius 2 is 1.93 bits per heavy atom. The molecule has 6 nitrogen and oxygen atoms in total. The number of aromatic hydroxyl groups is 2. The molecule has 0 bridgehead atoms. The summed E-state index contributed by atoms with van der Waals surface area (Å²) in [5.41, 5.74) is 4.55. The number of phenolic OH excluding ortho intramolecular Hbond substituents is 2. The molecule has 0 unspecified atom stereocenters. The molecule has 0 atom stereocenters. The molecule has 5 rings (SSSR count). The second kappa shape index (κ2) is 6.49. The Labute approximate surface area is 172 Å². The molecule has 0 aliphatic carbocycles. The number of aryl methyl sites for hydroxylation is 2. The summed E-state index contributed by atoms with van der Waals surface area (Å²) in [5.74, 6) is -0.688. The Balaban J connectivity index is 1.78. The predicted octanol–water partition coefficient (Wildman–Crippen LogP) is 4.58. The average molecular weight is 398 g/mol. The standard InChI is InChI=1S/C24H18N2O4/c1-13-6-5-8-17-21(13)15(23(26(17)2)16-7-3-4-9-25-16)12-20-24(29)22-18(28)10-14(27)11-19(22)30-20/h3-12,27-28H,1-2H3/b20-12-. The smallest absolute Gasteiger partial charge is 0.235 e. The van der Waals surface area contributed by atoms with Gasteiger partial charge in [0.25, 0.3) is 0 Å². The number of Topliss-reactive ketones (excluding diaryl/α,β-unsaturated/α-hetero) is 1. The first kappa shape index (κ1) is 18.0. The third kappa shape index (κ3) is 2.58. The summed E-state index contributed by atoms with van der Waals surface area (Å²) in [6.45, 7) is 2.02. The lowest BCUT2D eigenvalue weighted by atomic mass is 10.0. The summed E-state index contributed by atoms with van der Waals surface area (Å²) in [7, 11) is 1.96. The number of rotatable bonds is 2. The van der Waals surface area contributed by atoms with Gasteiger partial charge in [0.15, 0.2) is 5.76 Å². The summed E-state index contributed by atoms with van der Waals surface area (Å²) in [5, 5.41) is 20.8. The normalized spacial score (nSPS) is 14.3. The molecule has 0 saturated heterocycles. The highest BCUT2D eigenvalue weighted by atomic mass is 16.5. The maximum Gasteiger partial charge on any atom is 0.235 e. The van der Waals surface area contributed by atoms with Crippen molar-refractivity contribution in [3.63, 3.8) is 0 Å². The fraction of sp³-hybridized carbons (Fsp3) is 0.0833. The van der Waals surface area contributed by atoms with Crippen molar-refractivity contribution in [1.29, 1.82) is 0 Å². The van der Waals surface area contributed by atoms with Crippen LogP contribution in [-0.2, 0) is 7.05 Å². The molecule has 0 saturated carbocycles. The molecule has 0 spiro atoms. The molecule has 2 aromatic heterocycles.